The summed E-state index contributed by atoms with van der Waals surface area (Å²) < 4.78 is 0. The highest BCUT2D eigenvalue weighted by atomic mass is 35.5. The van der Waals surface area contributed by atoms with Crippen molar-refractivity contribution in [3.63, 3.8) is 0 Å². The molecule has 2 N–H and O–H groups in total. The predicted molar refractivity (Wildman–Crippen MR) is 84.8 cm³/mol. The van der Waals surface area contributed by atoms with Crippen molar-refractivity contribution in [1.82, 2.24) is 10.2 Å². The van der Waals surface area contributed by atoms with E-state index in [1.165, 1.54) is 0 Å². The van der Waals surface area contributed by atoms with Gasteiger partial charge in [-0.25, -0.2) is 0 Å². The lowest BCUT2D eigenvalue weighted by Gasteiger charge is -2.36. The normalized spacial score (nSPS) is 18.4. The highest BCUT2D eigenvalue weighted by Crippen LogP contribution is 2.40. The van der Waals surface area contributed by atoms with Crippen LogP contribution in [0.5, 0.6) is 5.75 Å². The number of hydrogen-bond acceptors (Lipinski definition) is 3. The minimum atomic E-state index is 0.141. The lowest BCUT2D eigenvalue weighted by atomic mass is 9.94. The molecule has 0 unspecified atom stereocenters. The Hall–Kier alpha value is -0.480. The van der Waals surface area contributed by atoms with Crippen LogP contribution in [0.15, 0.2) is 12.1 Å². The van der Waals surface area contributed by atoms with Crippen LogP contribution in [0.1, 0.15) is 31.9 Å². The molecule has 1 fully saturated rings. The Balaban J connectivity index is 2.35. The molecular weight excluding hydrogens is 295 g/mol. The van der Waals surface area contributed by atoms with E-state index in [2.05, 4.69) is 24.1 Å². The molecule has 0 bridgehead atoms. The smallest absolute Gasteiger partial charge is 0.123 e. The summed E-state index contributed by atoms with van der Waals surface area (Å²) in [4.78, 5) is 2.39. The van der Waals surface area contributed by atoms with Crippen molar-refractivity contribution in [2.75, 3.05) is 26.2 Å². The maximum absolute atomic E-state index is 10.3. The van der Waals surface area contributed by atoms with Gasteiger partial charge in [-0.3, -0.25) is 4.90 Å². The van der Waals surface area contributed by atoms with E-state index in [9.17, 15) is 5.11 Å². The summed E-state index contributed by atoms with van der Waals surface area (Å²) in [5.41, 5.74) is 0.812. The van der Waals surface area contributed by atoms with Gasteiger partial charge in [0.2, 0.25) is 0 Å². The summed E-state index contributed by atoms with van der Waals surface area (Å²) in [5, 5.41) is 14.7. The largest absolute Gasteiger partial charge is 0.508 e. The van der Waals surface area contributed by atoms with E-state index < -0.39 is 0 Å². The second-order valence-electron chi connectivity index (χ2n) is 5.75. The molecule has 112 valence electrons. The van der Waals surface area contributed by atoms with Crippen molar-refractivity contribution in [3.8, 4) is 5.75 Å². The molecule has 0 aromatic heterocycles. The number of benzene rings is 1. The zero-order valence-electron chi connectivity index (χ0n) is 12.0. The van der Waals surface area contributed by atoms with E-state index in [0.717, 1.165) is 38.2 Å². The second-order valence-corrected chi connectivity index (χ2v) is 6.60. The lowest BCUT2D eigenvalue weighted by molar-refractivity contribution is 0.152. The van der Waals surface area contributed by atoms with Crippen LogP contribution in [0.3, 0.4) is 0 Å². The zero-order chi connectivity index (χ0) is 14.7. The van der Waals surface area contributed by atoms with E-state index in [-0.39, 0.29) is 11.8 Å². The van der Waals surface area contributed by atoms with Gasteiger partial charge >= 0.3 is 0 Å². The number of rotatable bonds is 4. The van der Waals surface area contributed by atoms with Gasteiger partial charge in [-0.1, -0.05) is 37.0 Å². The minimum Gasteiger partial charge on any atom is -0.508 e. The number of nitrogens with one attached hydrogen (secondary N) is 1. The highest BCUT2D eigenvalue weighted by Gasteiger charge is 2.27. The fourth-order valence-electron chi connectivity index (χ4n) is 2.79. The molecule has 0 amide bonds. The predicted octanol–water partition coefficient (Wildman–Crippen LogP) is 3.69. The number of hydrogen-bond donors (Lipinski definition) is 2. The first kappa shape index (κ1) is 15.9. The number of aromatic hydroxyl groups is 1. The third-order valence-corrected chi connectivity index (χ3v) is 4.22. The first-order valence-corrected chi connectivity index (χ1v) is 7.87. The third-order valence-electron chi connectivity index (χ3n) is 3.69. The maximum atomic E-state index is 10.3. The van der Waals surface area contributed by atoms with E-state index in [1.807, 2.05) is 0 Å². The molecule has 0 saturated carbocycles. The maximum Gasteiger partial charge on any atom is 0.123 e. The number of halogens is 2. The Labute approximate surface area is 130 Å². The van der Waals surface area contributed by atoms with Gasteiger partial charge in [-0.05, 0) is 24.5 Å². The molecule has 1 aliphatic rings. The molecule has 0 radical (unpaired) electrons. The fraction of sp³-hybridized carbons (Fsp3) is 0.600. The lowest BCUT2D eigenvalue weighted by Crippen LogP contribution is -2.45. The van der Waals surface area contributed by atoms with Gasteiger partial charge in [0, 0.05) is 42.8 Å². The molecule has 1 aliphatic heterocycles. The number of phenols is 1. The number of nitrogens with zero attached hydrogens (tertiary/aromatic N) is 1. The Bertz CT molecular complexity index is 436. The topological polar surface area (TPSA) is 35.5 Å². The van der Waals surface area contributed by atoms with Crippen molar-refractivity contribution >= 4 is 23.2 Å². The molecule has 3 nitrogen and oxygen atoms in total. The summed E-state index contributed by atoms with van der Waals surface area (Å²) in [6, 6.07) is 3.44. The summed E-state index contributed by atoms with van der Waals surface area (Å²) in [5.74, 6) is 0.729. The van der Waals surface area contributed by atoms with E-state index in [1.54, 1.807) is 12.1 Å². The first-order chi connectivity index (χ1) is 9.49. The van der Waals surface area contributed by atoms with Crippen molar-refractivity contribution < 1.29 is 5.11 Å². The van der Waals surface area contributed by atoms with Crippen molar-refractivity contribution in [2.24, 2.45) is 5.92 Å². The van der Waals surface area contributed by atoms with Crippen LogP contribution >= 0.6 is 23.2 Å². The molecule has 0 aliphatic carbocycles. The van der Waals surface area contributed by atoms with Gasteiger partial charge in [0.1, 0.15) is 5.75 Å². The second kappa shape index (κ2) is 6.99. The monoisotopic (exact) mass is 316 g/mol. The number of piperazine rings is 1. The number of phenolic OH excluding ortho intramolecular Hbond substituents is 1. The van der Waals surface area contributed by atoms with E-state index in [4.69, 9.17) is 23.2 Å². The zero-order valence-corrected chi connectivity index (χ0v) is 13.5. The average molecular weight is 317 g/mol. The van der Waals surface area contributed by atoms with Gasteiger partial charge in [-0.15, -0.1) is 0 Å². The van der Waals surface area contributed by atoms with Crippen LogP contribution in [0, 0.1) is 5.92 Å². The Kier molecular flexibility index (Phi) is 5.56. The molecule has 1 atom stereocenters. The molecule has 5 heteroatoms. The third kappa shape index (κ3) is 3.79. The average Bonchev–Trinajstić information content (AvgIpc) is 2.37. The highest BCUT2D eigenvalue weighted by molar-refractivity contribution is 6.35. The van der Waals surface area contributed by atoms with Crippen LogP contribution in [0.25, 0.3) is 0 Å². The van der Waals surface area contributed by atoms with Crippen LogP contribution in [-0.2, 0) is 0 Å². The first-order valence-electron chi connectivity index (χ1n) is 7.11. The molecule has 1 aromatic carbocycles. The molecule has 1 saturated heterocycles. The molecule has 2 rings (SSSR count). The molecule has 1 aromatic rings. The van der Waals surface area contributed by atoms with Crippen molar-refractivity contribution in [2.45, 2.75) is 26.3 Å². The quantitative estimate of drug-likeness (QED) is 0.889. The summed E-state index contributed by atoms with van der Waals surface area (Å²) in [6.45, 7) is 8.26. The van der Waals surface area contributed by atoms with Crippen LogP contribution in [0.2, 0.25) is 10.0 Å². The molecule has 20 heavy (non-hydrogen) atoms. The van der Waals surface area contributed by atoms with Gasteiger partial charge in [-0.2, -0.15) is 0 Å². The van der Waals surface area contributed by atoms with Gasteiger partial charge in [0.05, 0.1) is 5.02 Å². The van der Waals surface area contributed by atoms with Crippen molar-refractivity contribution in [3.05, 3.63) is 27.7 Å². The summed E-state index contributed by atoms with van der Waals surface area (Å²) in [7, 11) is 0. The molecule has 0 spiro atoms. The van der Waals surface area contributed by atoms with Crippen LogP contribution in [-0.4, -0.2) is 36.2 Å². The standard InChI is InChI=1S/C15H22Cl2N2O/c1-10(2)7-13(19-5-3-18-4-6-19)15-12(17)8-11(16)9-14(15)20/h8-10,13,18,20H,3-7H2,1-2H3/t13-/m0/s1. The van der Waals surface area contributed by atoms with E-state index in [0.29, 0.717) is 16.0 Å². The Morgan fingerprint density at radius 3 is 2.45 bits per heavy atom. The summed E-state index contributed by atoms with van der Waals surface area (Å²) in [6.07, 6.45) is 0.967. The van der Waals surface area contributed by atoms with E-state index >= 15 is 0 Å². The van der Waals surface area contributed by atoms with Gasteiger partial charge in [0.15, 0.2) is 0 Å². The molecular formula is C15H22Cl2N2O. The van der Waals surface area contributed by atoms with Crippen LogP contribution < -0.4 is 5.32 Å². The minimum absolute atomic E-state index is 0.141. The van der Waals surface area contributed by atoms with Crippen molar-refractivity contribution in [1.29, 1.82) is 0 Å². The molecule has 1 heterocycles. The Morgan fingerprint density at radius 2 is 1.90 bits per heavy atom. The van der Waals surface area contributed by atoms with Crippen LogP contribution in [0.4, 0.5) is 0 Å². The Morgan fingerprint density at radius 1 is 1.25 bits per heavy atom. The van der Waals surface area contributed by atoms with Gasteiger partial charge in [0.25, 0.3) is 0 Å². The summed E-state index contributed by atoms with van der Waals surface area (Å²) >= 11 is 12.3. The SMILES string of the molecule is CC(C)C[C@@H](c1c(O)cc(Cl)cc1Cl)N1CCNCC1. The van der Waals surface area contributed by atoms with Gasteiger partial charge < -0.3 is 10.4 Å². The fourth-order valence-corrected chi connectivity index (χ4v) is 3.40.